The Hall–Kier alpha value is -2.41. The molecule has 0 unspecified atom stereocenters. The zero-order chi connectivity index (χ0) is 17.6. The highest BCUT2D eigenvalue weighted by Crippen LogP contribution is 2.10. The molecule has 0 aliphatic carbocycles. The second kappa shape index (κ2) is 8.11. The number of rotatable bonds is 7. The van der Waals surface area contributed by atoms with Crippen LogP contribution in [0.2, 0.25) is 0 Å². The molecule has 1 aromatic carbocycles. The van der Waals surface area contributed by atoms with Crippen molar-refractivity contribution in [3.05, 3.63) is 52.2 Å². The van der Waals surface area contributed by atoms with Crippen LogP contribution in [0.25, 0.3) is 0 Å². The summed E-state index contributed by atoms with van der Waals surface area (Å²) in [5.41, 5.74) is 0.913. The van der Waals surface area contributed by atoms with E-state index in [1.807, 2.05) is 30.3 Å². The molecular weight excluding hydrogens is 320 g/mol. The number of hydrogen-bond donors (Lipinski definition) is 1. The summed E-state index contributed by atoms with van der Waals surface area (Å²) in [4.78, 5) is 24.5. The lowest BCUT2D eigenvalue weighted by Crippen LogP contribution is -2.37. The Morgan fingerprint density at radius 1 is 1.36 bits per heavy atom. The monoisotopic (exact) mass is 344 g/mol. The topological polar surface area (TPSA) is 78.2 Å². The number of amides is 1. The molecule has 134 valence electrons. The molecule has 7 nitrogen and oxygen atoms in total. The number of ether oxygens (including phenoxy) is 1. The predicted octanol–water partition coefficient (Wildman–Crippen LogP) is 0.891. The Morgan fingerprint density at radius 3 is 2.88 bits per heavy atom. The van der Waals surface area contributed by atoms with Gasteiger partial charge in [-0.2, -0.15) is 5.10 Å². The maximum absolute atomic E-state index is 12.5. The van der Waals surface area contributed by atoms with Crippen molar-refractivity contribution in [1.29, 1.82) is 0 Å². The number of hydrogen-bond acceptors (Lipinski definition) is 4. The second-order valence-electron chi connectivity index (χ2n) is 6.31. The third-order valence-electron chi connectivity index (χ3n) is 4.42. The van der Waals surface area contributed by atoms with Gasteiger partial charge in [0.1, 0.15) is 12.4 Å². The van der Waals surface area contributed by atoms with Crippen molar-refractivity contribution < 1.29 is 9.53 Å². The van der Waals surface area contributed by atoms with Crippen molar-refractivity contribution in [3.63, 3.8) is 0 Å². The Bertz CT molecular complexity index is 760. The van der Waals surface area contributed by atoms with Gasteiger partial charge in [-0.3, -0.25) is 9.36 Å². The van der Waals surface area contributed by atoms with Gasteiger partial charge in [0, 0.05) is 19.7 Å². The smallest absolute Gasteiger partial charge is 0.346 e. The molecule has 25 heavy (non-hydrogen) atoms. The first-order valence-corrected chi connectivity index (χ1v) is 8.70. The van der Waals surface area contributed by atoms with Crippen LogP contribution in [0.4, 0.5) is 0 Å². The van der Waals surface area contributed by atoms with E-state index in [2.05, 4.69) is 10.4 Å². The van der Waals surface area contributed by atoms with E-state index < -0.39 is 0 Å². The highest BCUT2D eigenvalue weighted by Gasteiger charge is 2.17. The summed E-state index contributed by atoms with van der Waals surface area (Å²) in [6, 6.07) is 9.99. The molecule has 1 atom stereocenters. The number of benzene rings is 1. The summed E-state index contributed by atoms with van der Waals surface area (Å²) in [7, 11) is 0. The Labute approximate surface area is 146 Å². The van der Waals surface area contributed by atoms with Crippen LogP contribution in [-0.4, -0.2) is 39.5 Å². The molecule has 1 fully saturated rings. The average Bonchev–Trinajstić information content (AvgIpc) is 3.22. The Balaban J connectivity index is 1.57. The second-order valence-corrected chi connectivity index (χ2v) is 6.31. The maximum Gasteiger partial charge on any atom is 0.346 e. The minimum atomic E-state index is -0.249. The minimum Gasteiger partial charge on any atom is -0.376 e. The summed E-state index contributed by atoms with van der Waals surface area (Å²) in [5, 5.41) is 7.03. The van der Waals surface area contributed by atoms with Gasteiger partial charge in [0.15, 0.2) is 0 Å². The zero-order valence-electron chi connectivity index (χ0n) is 14.5. The molecule has 7 heteroatoms. The van der Waals surface area contributed by atoms with Crippen LogP contribution in [0, 0.1) is 6.92 Å². The van der Waals surface area contributed by atoms with Gasteiger partial charge in [-0.05, 0) is 31.7 Å². The lowest BCUT2D eigenvalue weighted by Gasteiger charge is -2.10. The molecule has 1 aliphatic rings. The molecule has 0 saturated carbocycles. The fraction of sp³-hybridized carbons (Fsp3) is 0.500. The zero-order valence-corrected chi connectivity index (χ0v) is 14.5. The lowest BCUT2D eigenvalue weighted by atomic mass is 10.1. The molecule has 3 rings (SSSR count). The summed E-state index contributed by atoms with van der Waals surface area (Å²) in [6.45, 7) is 3.51. The Kier molecular flexibility index (Phi) is 5.65. The first-order chi connectivity index (χ1) is 12.1. The minimum absolute atomic E-state index is 0.0648. The third kappa shape index (κ3) is 4.57. The van der Waals surface area contributed by atoms with E-state index in [-0.39, 0.29) is 24.2 Å². The SMILES string of the molecule is Cc1nn(CC(=O)NC[C@H]2CCCO2)c(=O)n1CCc1ccccc1. The van der Waals surface area contributed by atoms with Crippen molar-refractivity contribution >= 4 is 5.91 Å². The first kappa shape index (κ1) is 17.4. The van der Waals surface area contributed by atoms with Crippen LogP contribution in [0.5, 0.6) is 0 Å². The lowest BCUT2D eigenvalue weighted by molar-refractivity contribution is -0.122. The Morgan fingerprint density at radius 2 is 2.16 bits per heavy atom. The fourth-order valence-corrected chi connectivity index (χ4v) is 3.02. The van der Waals surface area contributed by atoms with E-state index in [0.717, 1.165) is 31.4 Å². The van der Waals surface area contributed by atoms with Crippen LogP contribution < -0.4 is 11.0 Å². The fourth-order valence-electron chi connectivity index (χ4n) is 3.02. The van der Waals surface area contributed by atoms with Gasteiger partial charge in [-0.1, -0.05) is 30.3 Å². The van der Waals surface area contributed by atoms with Crippen molar-refractivity contribution in [1.82, 2.24) is 19.7 Å². The van der Waals surface area contributed by atoms with Gasteiger partial charge in [0.05, 0.1) is 6.10 Å². The molecule has 1 aliphatic heterocycles. The van der Waals surface area contributed by atoms with Gasteiger partial charge in [0.25, 0.3) is 0 Å². The summed E-state index contributed by atoms with van der Waals surface area (Å²) in [6.07, 6.45) is 2.84. The van der Waals surface area contributed by atoms with Gasteiger partial charge >= 0.3 is 5.69 Å². The normalized spacial score (nSPS) is 16.9. The molecular formula is C18H24N4O3. The molecule has 1 N–H and O–H groups in total. The summed E-state index contributed by atoms with van der Waals surface area (Å²) < 4.78 is 8.31. The number of nitrogens with one attached hydrogen (secondary N) is 1. The van der Waals surface area contributed by atoms with E-state index in [0.29, 0.717) is 18.9 Å². The van der Waals surface area contributed by atoms with Crippen LogP contribution in [0.15, 0.2) is 35.1 Å². The van der Waals surface area contributed by atoms with Gasteiger partial charge in [-0.15, -0.1) is 0 Å². The van der Waals surface area contributed by atoms with Crippen molar-refractivity contribution in [2.75, 3.05) is 13.2 Å². The van der Waals surface area contributed by atoms with Crippen LogP contribution >= 0.6 is 0 Å². The molecule has 0 spiro atoms. The van der Waals surface area contributed by atoms with E-state index in [4.69, 9.17) is 4.74 Å². The quantitative estimate of drug-likeness (QED) is 0.809. The van der Waals surface area contributed by atoms with Crippen molar-refractivity contribution in [2.24, 2.45) is 0 Å². The van der Waals surface area contributed by atoms with E-state index in [1.165, 1.54) is 4.68 Å². The van der Waals surface area contributed by atoms with E-state index in [9.17, 15) is 9.59 Å². The molecule has 0 radical (unpaired) electrons. The number of carbonyl (C=O) groups is 1. The largest absolute Gasteiger partial charge is 0.376 e. The number of aryl methyl sites for hydroxylation is 2. The molecule has 2 aromatic rings. The average molecular weight is 344 g/mol. The van der Waals surface area contributed by atoms with Gasteiger partial charge in [0.2, 0.25) is 5.91 Å². The van der Waals surface area contributed by atoms with E-state index in [1.54, 1.807) is 11.5 Å². The summed E-state index contributed by atoms with van der Waals surface area (Å²) in [5.74, 6) is 0.401. The third-order valence-corrected chi connectivity index (χ3v) is 4.42. The van der Waals surface area contributed by atoms with E-state index >= 15 is 0 Å². The van der Waals surface area contributed by atoms with Crippen LogP contribution in [0.3, 0.4) is 0 Å². The van der Waals surface area contributed by atoms with Gasteiger partial charge < -0.3 is 10.1 Å². The number of nitrogens with zero attached hydrogens (tertiary/aromatic N) is 3. The van der Waals surface area contributed by atoms with Crippen LogP contribution in [-0.2, 0) is 29.0 Å². The van der Waals surface area contributed by atoms with Crippen molar-refractivity contribution in [2.45, 2.75) is 45.4 Å². The number of aromatic nitrogens is 3. The van der Waals surface area contributed by atoms with Gasteiger partial charge in [-0.25, -0.2) is 9.48 Å². The molecule has 1 aromatic heterocycles. The van der Waals surface area contributed by atoms with Crippen molar-refractivity contribution in [3.8, 4) is 0 Å². The predicted molar refractivity (Wildman–Crippen MR) is 93.4 cm³/mol. The highest BCUT2D eigenvalue weighted by molar-refractivity contribution is 5.75. The molecule has 2 heterocycles. The highest BCUT2D eigenvalue weighted by atomic mass is 16.5. The van der Waals surface area contributed by atoms with Crippen LogP contribution in [0.1, 0.15) is 24.2 Å². The summed E-state index contributed by atoms with van der Waals surface area (Å²) >= 11 is 0. The number of carbonyl (C=O) groups excluding carboxylic acids is 1. The standard InChI is InChI=1S/C18H24N4O3/c1-14-20-22(13-17(23)19-12-16-8-5-11-25-16)18(24)21(14)10-9-15-6-3-2-4-7-15/h2-4,6-7,16H,5,8-13H2,1H3,(H,19,23)/t16-/m1/s1. The molecule has 1 amide bonds. The molecule has 1 saturated heterocycles. The maximum atomic E-state index is 12.5. The molecule has 0 bridgehead atoms. The first-order valence-electron chi connectivity index (χ1n) is 8.70.